The lowest BCUT2D eigenvalue weighted by Gasteiger charge is -2.32. The summed E-state index contributed by atoms with van der Waals surface area (Å²) < 4.78 is 40.0. The Balaban J connectivity index is 0.00000261. The molecule has 2 fully saturated rings. The molecule has 152 valence electrons. The van der Waals surface area contributed by atoms with Crippen LogP contribution in [0.25, 0.3) is 0 Å². The molecular weight excluding hydrogens is 387 g/mol. The van der Waals surface area contributed by atoms with Crippen molar-refractivity contribution in [1.82, 2.24) is 9.62 Å². The van der Waals surface area contributed by atoms with Gasteiger partial charge in [0.25, 0.3) is 0 Å². The largest absolute Gasteiger partial charge is 0.494 e. The van der Waals surface area contributed by atoms with E-state index in [2.05, 4.69) is 5.32 Å². The van der Waals surface area contributed by atoms with Gasteiger partial charge in [-0.1, -0.05) is 11.6 Å². The lowest BCUT2D eigenvalue weighted by molar-refractivity contribution is 0.00578. The zero-order valence-electron chi connectivity index (χ0n) is 16.9. The molecule has 0 spiro atoms. The van der Waals surface area contributed by atoms with Crippen molar-refractivity contribution in [2.45, 2.75) is 63.7 Å². The van der Waals surface area contributed by atoms with Gasteiger partial charge in [-0.25, -0.2) is 8.42 Å². The van der Waals surface area contributed by atoms with Crippen LogP contribution in [0.5, 0.6) is 0 Å². The molecule has 0 amide bonds. The van der Waals surface area contributed by atoms with E-state index in [0.717, 1.165) is 11.0 Å². The van der Waals surface area contributed by atoms with Crippen molar-refractivity contribution in [2.75, 3.05) is 19.6 Å². The number of nitrogens with zero attached hydrogens (tertiary/aromatic N) is 1. The van der Waals surface area contributed by atoms with Gasteiger partial charge in [-0.3, -0.25) is 0 Å². The predicted octanol–water partition coefficient (Wildman–Crippen LogP) is 1.70. The Morgan fingerprint density at radius 1 is 1.15 bits per heavy atom. The summed E-state index contributed by atoms with van der Waals surface area (Å²) in [5.41, 5.74) is 0.687. The fraction of sp³-hybridized carbons (Fsp3) is 0.667. The molecule has 0 bridgehead atoms. The smallest absolute Gasteiger partial charge is 0.399 e. The fourth-order valence-corrected chi connectivity index (χ4v) is 4.97. The molecule has 0 aromatic heterocycles. The molecule has 1 unspecified atom stereocenters. The van der Waals surface area contributed by atoms with E-state index in [-0.39, 0.29) is 18.4 Å². The zero-order chi connectivity index (χ0) is 19.3. The Labute approximate surface area is 169 Å². The van der Waals surface area contributed by atoms with Crippen LogP contribution in [-0.2, 0) is 19.3 Å². The van der Waals surface area contributed by atoms with Crippen LogP contribution in [0.15, 0.2) is 23.1 Å². The third-order valence-electron chi connectivity index (χ3n) is 5.57. The molecule has 1 atom stereocenters. The molecule has 1 aromatic rings. The second-order valence-electron chi connectivity index (χ2n) is 8.39. The van der Waals surface area contributed by atoms with Crippen molar-refractivity contribution in [3.8, 4) is 0 Å². The van der Waals surface area contributed by atoms with Crippen molar-refractivity contribution in [1.29, 1.82) is 0 Å². The predicted molar refractivity (Wildman–Crippen MR) is 110 cm³/mol. The summed E-state index contributed by atoms with van der Waals surface area (Å²) in [6, 6.07) is 5.49. The highest BCUT2D eigenvalue weighted by Gasteiger charge is 2.52. The first-order valence-corrected chi connectivity index (χ1v) is 10.6. The van der Waals surface area contributed by atoms with Gasteiger partial charge in [0.05, 0.1) is 16.1 Å². The van der Waals surface area contributed by atoms with Crippen LogP contribution >= 0.6 is 12.4 Å². The molecule has 27 heavy (non-hydrogen) atoms. The molecular formula is C18H30BClN2O4S. The fourth-order valence-electron chi connectivity index (χ4n) is 3.31. The Kier molecular flexibility index (Phi) is 6.42. The lowest BCUT2D eigenvalue weighted by atomic mass is 9.78. The van der Waals surface area contributed by atoms with Crippen LogP contribution in [0, 0.1) is 6.92 Å². The number of rotatable bonds is 3. The normalized spacial score (nSPS) is 25.3. The van der Waals surface area contributed by atoms with E-state index < -0.39 is 28.3 Å². The van der Waals surface area contributed by atoms with Gasteiger partial charge < -0.3 is 14.6 Å². The number of sulfonamides is 1. The summed E-state index contributed by atoms with van der Waals surface area (Å²) in [4.78, 5) is 0.302. The SMILES string of the molecule is Cc1cc(B2OC(C)(C)C(C)(C)O2)cc(S(=O)(=O)N2CCNC(C)C2)c1.Cl. The number of hydrogen-bond acceptors (Lipinski definition) is 5. The molecule has 9 heteroatoms. The third-order valence-corrected chi connectivity index (χ3v) is 7.41. The molecule has 0 aliphatic carbocycles. The molecule has 1 N–H and O–H groups in total. The molecule has 1 aromatic carbocycles. The average Bonchev–Trinajstić information content (AvgIpc) is 2.75. The van der Waals surface area contributed by atoms with E-state index in [0.29, 0.717) is 24.5 Å². The summed E-state index contributed by atoms with van der Waals surface area (Å²) in [5, 5.41) is 3.27. The van der Waals surface area contributed by atoms with Crippen LogP contribution in [0.3, 0.4) is 0 Å². The standard InChI is InChI=1S/C18H29BN2O4S.ClH/c1-13-9-15(19-24-17(3,4)18(5,6)25-19)11-16(10-13)26(22,23)21-8-7-20-14(2)12-21;/h9-11,14,20H,7-8,12H2,1-6H3;1H. The number of aryl methyl sites for hydroxylation is 1. The maximum Gasteiger partial charge on any atom is 0.494 e. The van der Waals surface area contributed by atoms with Crippen LogP contribution in [0.1, 0.15) is 40.2 Å². The van der Waals surface area contributed by atoms with E-state index in [1.165, 1.54) is 0 Å². The summed E-state index contributed by atoms with van der Waals surface area (Å²) in [6.45, 7) is 13.5. The van der Waals surface area contributed by atoms with Crippen molar-refractivity contribution in [2.24, 2.45) is 0 Å². The van der Waals surface area contributed by atoms with Gasteiger partial charge in [-0.05, 0) is 59.1 Å². The number of hydrogen-bond donors (Lipinski definition) is 1. The minimum atomic E-state index is -3.54. The molecule has 2 aliphatic heterocycles. The molecule has 0 saturated carbocycles. The summed E-state index contributed by atoms with van der Waals surface area (Å²) in [5.74, 6) is 0. The first-order chi connectivity index (χ1) is 11.9. The Bertz CT molecular complexity index is 785. The Morgan fingerprint density at radius 2 is 1.74 bits per heavy atom. The highest BCUT2D eigenvalue weighted by atomic mass is 35.5. The summed E-state index contributed by atoms with van der Waals surface area (Å²) >= 11 is 0. The molecule has 6 nitrogen and oxygen atoms in total. The topological polar surface area (TPSA) is 67.9 Å². The number of halogens is 1. The second-order valence-corrected chi connectivity index (χ2v) is 10.3. The van der Waals surface area contributed by atoms with E-state index in [9.17, 15) is 8.42 Å². The molecule has 3 rings (SSSR count). The van der Waals surface area contributed by atoms with Crippen LogP contribution in [0.2, 0.25) is 0 Å². The second kappa shape index (κ2) is 7.65. The molecule has 2 saturated heterocycles. The number of piperazine rings is 1. The first-order valence-electron chi connectivity index (χ1n) is 9.13. The molecule has 0 radical (unpaired) electrons. The minimum absolute atomic E-state index is 0. The van der Waals surface area contributed by atoms with Crippen molar-refractivity contribution < 1.29 is 17.7 Å². The number of benzene rings is 1. The van der Waals surface area contributed by atoms with Gasteiger partial charge in [0, 0.05) is 25.7 Å². The highest BCUT2D eigenvalue weighted by Crippen LogP contribution is 2.36. The summed E-state index contributed by atoms with van der Waals surface area (Å²) in [7, 11) is -4.12. The highest BCUT2D eigenvalue weighted by molar-refractivity contribution is 7.89. The number of nitrogens with one attached hydrogen (secondary N) is 1. The average molecular weight is 417 g/mol. The van der Waals surface area contributed by atoms with E-state index in [1.54, 1.807) is 16.4 Å². The maximum atomic E-state index is 13.1. The van der Waals surface area contributed by atoms with Gasteiger partial charge >= 0.3 is 7.12 Å². The third kappa shape index (κ3) is 4.36. The lowest BCUT2D eigenvalue weighted by Crippen LogP contribution is -2.51. The molecule has 2 aliphatic rings. The Morgan fingerprint density at radius 3 is 2.30 bits per heavy atom. The van der Waals surface area contributed by atoms with Gasteiger partial charge in [0.15, 0.2) is 0 Å². The monoisotopic (exact) mass is 416 g/mol. The van der Waals surface area contributed by atoms with E-state index in [4.69, 9.17) is 9.31 Å². The van der Waals surface area contributed by atoms with Crippen molar-refractivity contribution in [3.05, 3.63) is 23.8 Å². The maximum absolute atomic E-state index is 13.1. The molecule has 2 heterocycles. The van der Waals surface area contributed by atoms with Crippen molar-refractivity contribution in [3.63, 3.8) is 0 Å². The van der Waals surface area contributed by atoms with Crippen molar-refractivity contribution >= 4 is 35.0 Å². The van der Waals surface area contributed by atoms with Crippen LogP contribution < -0.4 is 10.8 Å². The zero-order valence-corrected chi connectivity index (χ0v) is 18.5. The van der Waals surface area contributed by atoms with E-state index in [1.807, 2.05) is 47.6 Å². The van der Waals surface area contributed by atoms with Gasteiger partial charge in [0.1, 0.15) is 0 Å². The minimum Gasteiger partial charge on any atom is -0.399 e. The Hall–Kier alpha value is -0.635. The first kappa shape index (κ1) is 22.7. The van der Waals surface area contributed by atoms with Gasteiger partial charge in [-0.15, -0.1) is 12.4 Å². The van der Waals surface area contributed by atoms with Gasteiger partial charge in [-0.2, -0.15) is 4.31 Å². The summed E-state index contributed by atoms with van der Waals surface area (Å²) in [6.07, 6.45) is 0. The quantitative estimate of drug-likeness (QED) is 0.760. The van der Waals surface area contributed by atoms with Crippen LogP contribution in [-0.4, -0.2) is 56.7 Å². The van der Waals surface area contributed by atoms with Gasteiger partial charge in [0.2, 0.25) is 10.0 Å². The van der Waals surface area contributed by atoms with Crippen LogP contribution in [0.4, 0.5) is 0 Å². The van der Waals surface area contributed by atoms with E-state index >= 15 is 0 Å².